The van der Waals surface area contributed by atoms with Crippen LogP contribution in [0.2, 0.25) is 13.1 Å². The van der Waals surface area contributed by atoms with Crippen LogP contribution in [0.1, 0.15) is 17.0 Å². The minimum absolute atomic E-state index is 0.255. The van der Waals surface area contributed by atoms with Gasteiger partial charge in [0.05, 0.1) is 22.7 Å². The Kier molecular flexibility index (Phi) is 4.29. The Bertz CT molecular complexity index is 1580. The Balaban J connectivity index is 1.56. The van der Waals surface area contributed by atoms with Crippen molar-refractivity contribution >= 4 is 46.1 Å². The second-order valence-corrected chi connectivity index (χ2v) is 13.7. The van der Waals surface area contributed by atoms with Crippen LogP contribution >= 0.6 is 0 Å². The summed E-state index contributed by atoms with van der Waals surface area (Å²) in [4.78, 5) is 0. The molecule has 1 aliphatic heterocycles. The monoisotopic (exact) mass is 443 g/mol. The number of hydrogen-bond acceptors (Lipinski definition) is 2. The minimum atomic E-state index is -2.03. The average Bonchev–Trinajstić information content (AvgIpc) is 3.28. The highest BCUT2D eigenvalue weighted by atomic mass is 28.3. The predicted octanol–water partition coefficient (Wildman–Crippen LogP) is 6.42. The molecule has 1 atom stereocenters. The molecule has 2 N–H and O–H groups in total. The molecular formula is C29H25N3Si. The first-order valence-corrected chi connectivity index (χ1v) is 14.3. The normalized spacial score (nSPS) is 16.9. The molecule has 0 amide bonds. The summed E-state index contributed by atoms with van der Waals surface area (Å²) in [5, 5.41) is 22.7. The summed E-state index contributed by atoms with van der Waals surface area (Å²) < 4.78 is 2.29. The number of benzene rings is 4. The Morgan fingerprint density at radius 1 is 0.758 bits per heavy atom. The lowest BCUT2D eigenvalue weighted by atomic mass is 9.90. The largest absolute Gasteiger partial charge is 0.313 e. The zero-order valence-electron chi connectivity index (χ0n) is 18.8. The fourth-order valence-corrected chi connectivity index (χ4v) is 8.21. The average molecular weight is 444 g/mol. The lowest BCUT2D eigenvalue weighted by Crippen LogP contribution is -2.45. The van der Waals surface area contributed by atoms with Gasteiger partial charge in [-0.2, -0.15) is 0 Å². The van der Waals surface area contributed by atoms with Crippen LogP contribution in [-0.4, -0.2) is 23.7 Å². The summed E-state index contributed by atoms with van der Waals surface area (Å²) in [5.74, 6) is -0.255. The molecule has 0 bridgehead atoms. The molecule has 6 rings (SSSR count). The second kappa shape index (κ2) is 7.12. The van der Waals surface area contributed by atoms with Crippen molar-refractivity contribution in [2.45, 2.75) is 19.0 Å². The van der Waals surface area contributed by atoms with E-state index in [2.05, 4.69) is 103 Å². The molecule has 0 aliphatic carbocycles. The van der Waals surface area contributed by atoms with Crippen LogP contribution in [0.5, 0.6) is 0 Å². The van der Waals surface area contributed by atoms with E-state index in [9.17, 15) is 5.41 Å². The lowest BCUT2D eigenvalue weighted by Gasteiger charge is -2.19. The van der Waals surface area contributed by atoms with E-state index in [-0.39, 0.29) is 5.92 Å². The molecule has 0 radical (unpaired) electrons. The van der Waals surface area contributed by atoms with E-state index in [0.29, 0.717) is 5.71 Å². The van der Waals surface area contributed by atoms with Crippen LogP contribution in [0.4, 0.5) is 0 Å². The van der Waals surface area contributed by atoms with Crippen LogP contribution < -0.4 is 5.19 Å². The van der Waals surface area contributed by atoms with Gasteiger partial charge in [-0.15, -0.1) is 0 Å². The van der Waals surface area contributed by atoms with Gasteiger partial charge in [-0.05, 0) is 40.6 Å². The number of nitrogens with one attached hydrogen (secondary N) is 2. The Morgan fingerprint density at radius 3 is 2.24 bits per heavy atom. The van der Waals surface area contributed by atoms with Crippen LogP contribution in [0.3, 0.4) is 0 Å². The van der Waals surface area contributed by atoms with Crippen LogP contribution in [0.15, 0.2) is 97.1 Å². The number of aromatic nitrogens is 1. The SMILES string of the molecule is C[Si]1(C)C(=N)C(C(=N)c2ccc3c4ccccc4n(-c4ccccc4)c3c2)c2ccccc21. The van der Waals surface area contributed by atoms with Gasteiger partial charge in [0.25, 0.3) is 0 Å². The number of hydrogen-bond donors (Lipinski definition) is 2. The Hall–Kier alpha value is -3.76. The number of nitrogens with zero attached hydrogens (tertiary/aromatic N) is 1. The van der Waals surface area contributed by atoms with Gasteiger partial charge >= 0.3 is 0 Å². The molecule has 1 unspecified atom stereocenters. The highest BCUT2D eigenvalue weighted by Crippen LogP contribution is 2.36. The third-order valence-corrected chi connectivity index (χ3v) is 10.6. The fourth-order valence-electron chi connectivity index (χ4n) is 5.44. The van der Waals surface area contributed by atoms with Crippen molar-refractivity contribution < 1.29 is 0 Å². The zero-order valence-corrected chi connectivity index (χ0v) is 19.8. The Labute approximate surface area is 194 Å². The van der Waals surface area contributed by atoms with E-state index in [1.807, 2.05) is 12.1 Å². The number of para-hydroxylation sites is 2. The maximum absolute atomic E-state index is 9.22. The van der Waals surface area contributed by atoms with Crippen molar-refractivity contribution in [3.63, 3.8) is 0 Å². The van der Waals surface area contributed by atoms with E-state index < -0.39 is 8.07 Å². The van der Waals surface area contributed by atoms with Gasteiger partial charge in [-0.25, -0.2) is 0 Å². The topological polar surface area (TPSA) is 52.6 Å². The maximum atomic E-state index is 9.22. The minimum Gasteiger partial charge on any atom is -0.313 e. The van der Waals surface area contributed by atoms with Gasteiger partial charge in [0, 0.05) is 21.8 Å². The van der Waals surface area contributed by atoms with Crippen molar-refractivity contribution in [2.75, 3.05) is 0 Å². The first-order chi connectivity index (χ1) is 16.0. The van der Waals surface area contributed by atoms with Gasteiger partial charge in [-0.1, -0.05) is 85.9 Å². The highest BCUT2D eigenvalue weighted by Gasteiger charge is 2.45. The van der Waals surface area contributed by atoms with Crippen LogP contribution in [0.25, 0.3) is 27.5 Å². The van der Waals surface area contributed by atoms with Gasteiger partial charge < -0.3 is 15.4 Å². The fraction of sp³-hybridized carbons (Fsp3) is 0.103. The maximum Gasteiger partial charge on any atom is 0.130 e. The third-order valence-electron chi connectivity index (χ3n) is 7.19. The summed E-state index contributed by atoms with van der Waals surface area (Å²) in [6.45, 7) is 4.47. The van der Waals surface area contributed by atoms with Crippen molar-refractivity contribution in [3.05, 3.63) is 108 Å². The molecule has 2 heterocycles. The quantitative estimate of drug-likeness (QED) is 0.239. The van der Waals surface area contributed by atoms with E-state index in [0.717, 1.165) is 33.2 Å². The molecule has 4 heteroatoms. The van der Waals surface area contributed by atoms with Gasteiger partial charge in [0.2, 0.25) is 0 Å². The molecular weight excluding hydrogens is 418 g/mol. The zero-order chi connectivity index (χ0) is 22.7. The Morgan fingerprint density at radius 2 is 1.42 bits per heavy atom. The third kappa shape index (κ3) is 2.81. The smallest absolute Gasteiger partial charge is 0.130 e. The van der Waals surface area contributed by atoms with E-state index in [1.165, 1.54) is 16.0 Å². The van der Waals surface area contributed by atoms with E-state index in [1.54, 1.807) is 0 Å². The number of fused-ring (bicyclic) bond motifs is 4. The van der Waals surface area contributed by atoms with Crippen molar-refractivity contribution in [2.24, 2.45) is 0 Å². The molecule has 5 aromatic rings. The summed E-state index contributed by atoms with van der Waals surface area (Å²) in [7, 11) is -2.03. The molecule has 1 aromatic heterocycles. The summed E-state index contributed by atoms with van der Waals surface area (Å²) in [5.41, 5.74) is 5.93. The molecule has 0 saturated heterocycles. The standard InChI is InChI=1S/C29H25N3Si/c1-33(2)26-15-9-7-13-23(26)27(29(33)31)28(30)19-16-17-22-21-12-6-8-14-24(21)32(25(22)18-19)20-10-4-3-5-11-20/h3-18,27,30-31H,1-2H3. The van der Waals surface area contributed by atoms with Gasteiger partial charge in [0.1, 0.15) is 8.07 Å². The molecule has 160 valence electrons. The van der Waals surface area contributed by atoms with E-state index in [4.69, 9.17) is 5.41 Å². The first-order valence-electron chi connectivity index (χ1n) is 11.3. The second-order valence-electron chi connectivity index (χ2n) is 9.39. The molecule has 1 aliphatic rings. The molecule has 4 aromatic carbocycles. The molecule has 0 spiro atoms. The highest BCUT2D eigenvalue weighted by molar-refractivity contribution is 7.16. The van der Waals surface area contributed by atoms with Gasteiger partial charge in [-0.3, -0.25) is 0 Å². The van der Waals surface area contributed by atoms with Crippen LogP contribution in [0, 0.1) is 10.8 Å². The number of rotatable bonds is 3. The van der Waals surface area contributed by atoms with Crippen molar-refractivity contribution in [3.8, 4) is 5.69 Å². The molecule has 33 heavy (non-hydrogen) atoms. The molecule has 0 fully saturated rings. The summed E-state index contributed by atoms with van der Waals surface area (Å²) in [6.07, 6.45) is 0. The molecule has 3 nitrogen and oxygen atoms in total. The predicted molar refractivity (Wildman–Crippen MR) is 142 cm³/mol. The first kappa shape index (κ1) is 19.9. The van der Waals surface area contributed by atoms with Crippen molar-refractivity contribution in [1.82, 2.24) is 4.57 Å². The lowest BCUT2D eigenvalue weighted by molar-refractivity contribution is 1.17. The van der Waals surface area contributed by atoms with Crippen molar-refractivity contribution in [1.29, 1.82) is 10.8 Å². The van der Waals surface area contributed by atoms with Gasteiger partial charge in [0.15, 0.2) is 0 Å². The van der Waals surface area contributed by atoms with E-state index >= 15 is 0 Å². The summed E-state index contributed by atoms with van der Waals surface area (Å²) >= 11 is 0. The van der Waals surface area contributed by atoms with Crippen LogP contribution in [-0.2, 0) is 0 Å². The molecule has 0 saturated carbocycles. The summed E-state index contributed by atoms with van der Waals surface area (Å²) in [6, 6.07) is 33.6.